The van der Waals surface area contributed by atoms with Gasteiger partial charge < -0.3 is 20.0 Å². The lowest BCUT2D eigenvalue weighted by Gasteiger charge is -2.06. The number of aromatic nitrogens is 5. The summed E-state index contributed by atoms with van der Waals surface area (Å²) >= 11 is 0. The Kier molecular flexibility index (Phi) is 5.10. The largest absolute Gasteiger partial charge is 0.423 e. The molecule has 8 nitrogen and oxygen atoms in total. The van der Waals surface area contributed by atoms with Crippen LogP contribution in [0.2, 0.25) is 0 Å². The summed E-state index contributed by atoms with van der Waals surface area (Å²) in [5.41, 5.74) is 13.0. The number of aryl methyl sites for hydroxylation is 2. The fourth-order valence-electron chi connectivity index (χ4n) is 4.50. The molecule has 0 spiro atoms. The van der Waals surface area contributed by atoms with E-state index in [-0.39, 0.29) is 11.7 Å². The van der Waals surface area contributed by atoms with Crippen LogP contribution in [0.25, 0.3) is 33.3 Å². The zero-order valence-electron chi connectivity index (χ0n) is 19.7. The standard InChI is InChI=1S/C27H22FN7O/c1-15-8-16(2)24-22(9-15)34-27(36-24)33-21-6-5-18(10-20(21)28)19-13-35(12-17-4-3-7-30-11-17)26-23(19)25(29)31-14-32-26/h3-11,13-14H,12H2,1-2H3,(H,33,34)(H2,29,31,32). The average Bonchev–Trinajstić information content (AvgIpc) is 3.43. The van der Waals surface area contributed by atoms with Gasteiger partial charge in [-0.2, -0.15) is 4.98 Å². The molecule has 9 heteroatoms. The van der Waals surface area contributed by atoms with Gasteiger partial charge in [-0.15, -0.1) is 0 Å². The molecule has 0 saturated carbocycles. The van der Waals surface area contributed by atoms with Gasteiger partial charge in [-0.1, -0.05) is 18.2 Å². The zero-order valence-corrected chi connectivity index (χ0v) is 19.7. The highest BCUT2D eigenvalue weighted by molar-refractivity contribution is 6.00. The van der Waals surface area contributed by atoms with Crippen molar-refractivity contribution in [2.75, 3.05) is 11.1 Å². The van der Waals surface area contributed by atoms with Crippen LogP contribution >= 0.6 is 0 Å². The number of rotatable bonds is 5. The second-order valence-corrected chi connectivity index (χ2v) is 8.76. The van der Waals surface area contributed by atoms with Crippen LogP contribution in [0.15, 0.2) is 71.8 Å². The lowest BCUT2D eigenvalue weighted by molar-refractivity contribution is 0.610. The van der Waals surface area contributed by atoms with Crippen LogP contribution < -0.4 is 11.1 Å². The van der Waals surface area contributed by atoms with Crippen molar-refractivity contribution in [2.45, 2.75) is 20.4 Å². The van der Waals surface area contributed by atoms with E-state index < -0.39 is 5.82 Å². The first-order valence-electron chi connectivity index (χ1n) is 11.4. The molecule has 0 amide bonds. The van der Waals surface area contributed by atoms with Gasteiger partial charge in [0, 0.05) is 24.2 Å². The van der Waals surface area contributed by atoms with Crippen LogP contribution in [0.4, 0.5) is 21.9 Å². The Labute approximate surface area is 205 Å². The monoisotopic (exact) mass is 479 g/mol. The number of benzene rings is 2. The van der Waals surface area contributed by atoms with Crippen LogP contribution in [-0.2, 0) is 6.54 Å². The van der Waals surface area contributed by atoms with Gasteiger partial charge in [0.15, 0.2) is 5.58 Å². The van der Waals surface area contributed by atoms with Gasteiger partial charge in [-0.25, -0.2) is 14.4 Å². The Morgan fingerprint density at radius 3 is 2.81 bits per heavy atom. The van der Waals surface area contributed by atoms with E-state index in [1.165, 1.54) is 12.4 Å². The summed E-state index contributed by atoms with van der Waals surface area (Å²) in [5.74, 6) is -0.120. The van der Waals surface area contributed by atoms with E-state index in [2.05, 4.69) is 25.3 Å². The third-order valence-corrected chi connectivity index (χ3v) is 6.10. The first kappa shape index (κ1) is 21.7. The predicted octanol–water partition coefficient (Wildman–Crippen LogP) is 5.76. The summed E-state index contributed by atoms with van der Waals surface area (Å²) in [5, 5.41) is 3.63. The molecule has 0 fully saturated rings. The van der Waals surface area contributed by atoms with Crippen molar-refractivity contribution < 1.29 is 8.81 Å². The van der Waals surface area contributed by atoms with Gasteiger partial charge in [0.25, 0.3) is 6.01 Å². The summed E-state index contributed by atoms with van der Waals surface area (Å²) in [6.45, 7) is 4.50. The molecule has 0 atom stereocenters. The summed E-state index contributed by atoms with van der Waals surface area (Å²) in [6, 6.07) is 13.0. The first-order chi connectivity index (χ1) is 17.5. The molecule has 6 rings (SSSR count). The predicted molar refractivity (Wildman–Crippen MR) is 137 cm³/mol. The molecule has 4 aromatic heterocycles. The molecule has 3 N–H and O–H groups in total. The molecule has 0 bridgehead atoms. The molecule has 6 aromatic rings. The molecule has 0 aliphatic heterocycles. The van der Waals surface area contributed by atoms with E-state index >= 15 is 4.39 Å². The van der Waals surface area contributed by atoms with Gasteiger partial charge in [-0.3, -0.25) is 4.98 Å². The van der Waals surface area contributed by atoms with Crippen LogP contribution in [0, 0.1) is 19.7 Å². The summed E-state index contributed by atoms with van der Waals surface area (Å²) in [6.07, 6.45) is 6.87. The summed E-state index contributed by atoms with van der Waals surface area (Å²) < 4.78 is 23.1. The first-order valence-corrected chi connectivity index (χ1v) is 11.4. The Bertz CT molecular complexity index is 1740. The summed E-state index contributed by atoms with van der Waals surface area (Å²) in [7, 11) is 0. The smallest absolute Gasteiger partial charge is 0.300 e. The topological polar surface area (TPSA) is 108 Å². The fraction of sp³-hybridized carbons (Fsp3) is 0.111. The second-order valence-electron chi connectivity index (χ2n) is 8.76. The molecule has 178 valence electrons. The number of pyridine rings is 1. The number of halogens is 1. The molecule has 0 aliphatic rings. The van der Waals surface area contributed by atoms with E-state index in [0.29, 0.717) is 34.5 Å². The van der Waals surface area contributed by atoms with Crippen molar-refractivity contribution in [1.29, 1.82) is 0 Å². The Balaban J connectivity index is 1.37. The van der Waals surface area contributed by atoms with Gasteiger partial charge >= 0.3 is 0 Å². The molecular formula is C27H22FN7O. The third-order valence-electron chi connectivity index (χ3n) is 6.10. The second kappa shape index (κ2) is 8.46. The fourth-order valence-corrected chi connectivity index (χ4v) is 4.50. The van der Waals surface area contributed by atoms with E-state index in [0.717, 1.165) is 27.8 Å². The molecule has 2 aromatic carbocycles. The maximum absolute atomic E-state index is 15.3. The van der Waals surface area contributed by atoms with E-state index in [1.807, 2.05) is 54.9 Å². The maximum atomic E-state index is 15.3. The number of hydrogen-bond acceptors (Lipinski definition) is 7. The van der Waals surface area contributed by atoms with Crippen LogP contribution in [0.1, 0.15) is 16.7 Å². The van der Waals surface area contributed by atoms with Gasteiger partial charge in [-0.05, 0) is 60.4 Å². The number of hydrogen-bond donors (Lipinski definition) is 2. The molecular weight excluding hydrogens is 457 g/mol. The quantitative estimate of drug-likeness (QED) is 0.323. The van der Waals surface area contributed by atoms with Crippen molar-refractivity contribution in [2.24, 2.45) is 0 Å². The number of nitrogens with one attached hydrogen (secondary N) is 1. The van der Waals surface area contributed by atoms with Crippen molar-refractivity contribution in [3.8, 4) is 11.1 Å². The maximum Gasteiger partial charge on any atom is 0.300 e. The van der Waals surface area contributed by atoms with Crippen molar-refractivity contribution in [3.63, 3.8) is 0 Å². The average molecular weight is 480 g/mol. The van der Waals surface area contributed by atoms with Crippen molar-refractivity contribution >= 4 is 39.7 Å². The zero-order chi connectivity index (χ0) is 24.8. The number of oxazole rings is 1. The Hall–Kier alpha value is -4.79. The van der Waals surface area contributed by atoms with Crippen molar-refractivity contribution in [1.82, 2.24) is 24.5 Å². The van der Waals surface area contributed by atoms with Crippen LogP contribution in [0.5, 0.6) is 0 Å². The lowest BCUT2D eigenvalue weighted by Crippen LogP contribution is -2.00. The van der Waals surface area contributed by atoms with Crippen LogP contribution in [-0.4, -0.2) is 24.5 Å². The molecule has 0 radical (unpaired) electrons. The highest BCUT2D eigenvalue weighted by Gasteiger charge is 2.17. The number of nitrogen functional groups attached to an aromatic ring is 1. The minimum atomic E-state index is -0.453. The number of anilines is 3. The number of nitrogens with zero attached hydrogens (tertiary/aromatic N) is 5. The summed E-state index contributed by atoms with van der Waals surface area (Å²) in [4.78, 5) is 17.2. The van der Waals surface area contributed by atoms with Gasteiger partial charge in [0.05, 0.1) is 17.6 Å². The molecule has 4 heterocycles. The Morgan fingerprint density at radius 1 is 1.11 bits per heavy atom. The lowest BCUT2D eigenvalue weighted by atomic mass is 10.1. The number of fused-ring (bicyclic) bond motifs is 2. The molecule has 36 heavy (non-hydrogen) atoms. The Morgan fingerprint density at radius 2 is 2.00 bits per heavy atom. The molecule has 0 aliphatic carbocycles. The minimum Gasteiger partial charge on any atom is -0.423 e. The van der Waals surface area contributed by atoms with E-state index in [4.69, 9.17) is 10.2 Å². The normalized spacial score (nSPS) is 11.4. The highest BCUT2D eigenvalue weighted by atomic mass is 19.1. The molecule has 0 saturated heterocycles. The van der Waals surface area contributed by atoms with Crippen molar-refractivity contribution in [3.05, 3.63) is 89.9 Å². The SMILES string of the molecule is Cc1cc(C)c2oc(Nc3ccc(-c4cn(Cc5cccnc5)c5ncnc(N)c45)cc3F)nc2c1. The van der Waals surface area contributed by atoms with Gasteiger partial charge in [0.2, 0.25) is 0 Å². The minimum absolute atomic E-state index is 0.232. The highest BCUT2D eigenvalue weighted by Crippen LogP contribution is 2.35. The third kappa shape index (κ3) is 3.80. The van der Waals surface area contributed by atoms with E-state index in [1.54, 1.807) is 18.5 Å². The van der Waals surface area contributed by atoms with E-state index in [9.17, 15) is 0 Å². The van der Waals surface area contributed by atoms with Crippen LogP contribution in [0.3, 0.4) is 0 Å². The molecule has 0 unspecified atom stereocenters. The number of nitrogens with two attached hydrogens (primary N) is 1. The van der Waals surface area contributed by atoms with Gasteiger partial charge in [0.1, 0.15) is 29.1 Å².